The van der Waals surface area contributed by atoms with E-state index in [1.54, 1.807) is 0 Å². The maximum Gasteiger partial charge on any atom is 0.234 e. The molecule has 0 radical (unpaired) electrons. The molecule has 0 amide bonds. The van der Waals surface area contributed by atoms with Crippen molar-refractivity contribution in [1.29, 1.82) is 0 Å². The minimum absolute atomic E-state index is 1.15. The zero-order chi connectivity index (χ0) is 11.4. The van der Waals surface area contributed by atoms with Crippen LogP contribution >= 0.6 is 0 Å². The molecule has 90 valence electrons. The summed E-state index contributed by atoms with van der Waals surface area (Å²) in [4.78, 5) is 4.87. The van der Waals surface area contributed by atoms with E-state index in [-0.39, 0.29) is 0 Å². The Hall–Kier alpha value is -1.06. The monoisotopic (exact) mass is 224 g/mol. The van der Waals surface area contributed by atoms with Crippen LogP contribution in [0, 0.1) is 0 Å². The molecule has 4 nitrogen and oxygen atoms in total. The third-order valence-corrected chi connectivity index (χ3v) is 3.31. The first-order chi connectivity index (χ1) is 7.74. The lowest BCUT2D eigenvalue weighted by Gasteiger charge is -2.22. The first-order valence-electron chi connectivity index (χ1n) is 6.32. The standard InChI is InChI=1S/C12H24N4/c1-13-5-3-7-15(11-13)9-10-16-8-4-6-14(2)12-16/h11-12H,3-10H2,1-2H3/q+2. The molecule has 2 rings (SSSR count). The van der Waals surface area contributed by atoms with E-state index in [2.05, 4.69) is 45.7 Å². The Morgan fingerprint density at radius 3 is 1.69 bits per heavy atom. The molecular weight excluding hydrogens is 200 g/mol. The molecule has 0 bridgehead atoms. The minimum Gasteiger partial charge on any atom is -0.271 e. The highest BCUT2D eigenvalue weighted by Crippen LogP contribution is 1.99. The van der Waals surface area contributed by atoms with Crippen LogP contribution in [0.3, 0.4) is 0 Å². The summed E-state index contributed by atoms with van der Waals surface area (Å²) in [5, 5.41) is 0. The second-order valence-corrected chi connectivity index (χ2v) is 4.97. The Balaban J connectivity index is 1.78. The number of nitrogens with zero attached hydrogens (tertiary/aromatic N) is 4. The fourth-order valence-electron chi connectivity index (χ4n) is 2.43. The van der Waals surface area contributed by atoms with Crippen molar-refractivity contribution in [1.82, 2.24) is 9.80 Å². The number of hydrogen-bond acceptors (Lipinski definition) is 2. The summed E-state index contributed by atoms with van der Waals surface area (Å²) in [7, 11) is 4.32. The SMILES string of the molecule is C[N+]1=CN(CCN2C=[N+](C)CCC2)CCC1. The van der Waals surface area contributed by atoms with E-state index in [1.807, 2.05) is 0 Å². The molecule has 0 aliphatic carbocycles. The van der Waals surface area contributed by atoms with Gasteiger partial charge < -0.3 is 0 Å². The van der Waals surface area contributed by atoms with Gasteiger partial charge in [-0.25, -0.2) is 0 Å². The van der Waals surface area contributed by atoms with Gasteiger partial charge in [-0.3, -0.25) is 19.0 Å². The molecule has 16 heavy (non-hydrogen) atoms. The molecule has 0 N–H and O–H groups in total. The van der Waals surface area contributed by atoms with Crippen molar-refractivity contribution in [2.75, 3.05) is 53.4 Å². The van der Waals surface area contributed by atoms with E-state index in [0.29, 0.717) is 0 Å². The van der Waals surface area contributed by atoms with Crippen molar-refractivity contribution in [2.24, 2.45) is 0 Å². The lowest BCUT2D eigenvalue weighted by atomic mass is 10.3. The third-order valence-electron chi connectivity index (χ3n) is 3.31. The van der Waals surface area contributed by atoms with Gasteiger partial charge in [-0.15, -0.1) is 0 Å². The van der Waals surface area contributed by atoms with E-state index < -0.39 is 0 Å². The van der Waals surface area contributed by atoms with Crippen LogP contribution in [0.15, 0.2) is 0 Å². The molecule has 0 saturated heterocycles. The van der Waals surface area contributed by atoms with E-state index in [9.17, 15) is 0 Å². The van der Waals surface area contributed by atoms with Gasteiger partial charge in [0.05, 0.1) is 40.3 Å². The highest BCUT2D eigenvalue weighted by atomic mass is 15.3. The molecule has 4 heteroatoms. The first kappa shape index (κ1) is 11.4. The van der Waals surface area contributed by atoms with Crippen LogP contribution in [-0.2, 0) is 0 Å². The third kappa shape index (κ3) is 3.22. The lowest BCUT2D eigenvalue weighted by molar-refractivity contribution is -0.504. The van der Waals surface area contributed by atoms with Crippen molar-refractivity contribution >= 4 is 12.7 Å². The van der Waals surface area contributed by atoms with Crippen molar-refractivity contribution in [2.45, 2.75) is 12.8 Å². The Bertz CT molecular complexity index is 265. The van der Waals surface area contributed by atoms with Crippen LogP contribution in [0.1, 0.15) is 12.8 Å². The summed E-state index contributed by atoms with van der Waals surface area (Å²) >= 11 is 0. The van der Waals surface area contributed by atoms with E-state index in [0.717, 1.165) is 13.1 Å². The Labute approximate surface area is 98.5 Å². The maximum atomic E-state index is 2.44. The maximum absolute atomic E-state index is 2.44. The predicted molar refractivity (Wildman–Crippen MR) is 66.6 cm³/mol. The molecule has 0 fully saturated rings. The second-order valence-electron chi connectivity index (χ2n) is 4.97. The largest absolute Gasteiger partial charge is 0.271 e. The molecule has 0 atom stereocenters. The van der Waals surface area contributed by atoms with Gasteiger partial charge in [0.15, 0.2) is 0 Å². The quantitative estimate of drug-likeness (QED) is 0.613. The van der Waals surface area contributed by atoms with Crippen LogP contribution in [-0.4, -0.2) is 85.0 Å². The smallest absolute Gasteiger partial charge is 0.234 e. The van der Waals surface area contributed by atoms with Crippen molar-refractivity contribution in [3.63, 3.8) is 0 Å². The van der Waals surface area contributed by atoms with Crippen molar-refractivity contribution in [3.8, 4) is 0 Å². The van der Waals surface area contributed by atoms with Gasteiger partial charge in [-0.2, -0.15) is 0 Å². The van der Waals surface area contributed by atoms with Gasteiger partial charge in [0.1, 0.15) is 13.1 Å². The fraction of sp³-hybridized carbons (Fsp3) is 0.833. The summed E-state index contributed by atoms with van der Waals surface area (Å²) in [6.07, 6.45) is 7.10. The first-order valence-corrected chi connectivity index (χ1v) is 6.32. The molecule has 0 spiro atoms. The number of rotatable bonds is 3. The van der Waals surface area contributed by atoms with E-state index in [4.69, 9.17) is 0 Å². The summed E-state index contributed by atoms with van der Waals surface area (Å²) in [6.45, 7) is 7.13. The zero-order valence-electron chi connectivity index (χ0n) is 10.6. The molecule has 0 aromatic rings. The van der Waals surface area contributed by atoms with Crippen LogP contribution in [0.2, 0.25) is 0 Å². The number of hydrogen-bond donors (Lipinski definition) is 0. The van der Waals surface area contributed by atoms with Crippen molar-refractivity contribution in [3.05, 3.63) is 0 Å². The highest BCUT2D eigenvalue weighted by Gasteiger charge is 2.18. The van der Waals surface area contributed by atoms with E-state index in [1.165, 1.54) is 39.0 Å². The average Bonchev–Trinajstić information content (AvgIpc) is 2.27. The zero-order valence-corrected chi connectivity index (χ0v) is 10.6. The average molecular weight is 224 g/mol. The Morgan fingerprint density at radius 2 is 1.31 bits per heavy atom. The second kappa shape index (κ2) is 5.32. The molecule has 0 unspecified atom stereocenters. The van der Waals surface area contributed by atoms with Crippen LogP contribution in [0.4, 0.5) is 0 Å². The summed E-state index contributed by atoms with van der Waals surface area (Å²) in [5.74, 6) is 0. The summed E-state index contributed by atoms with van der Waals surface area (Å²) in [6, 6.07) is 0. The highest BCUT2D eigenvalue weighted by molar-refractivity contribution is 5.51. The molecule has 2 aliphatic rings. The molecule has 2 heterocycles. The molecule has 0 aromatic carbocycles. The fourth-order valence-corrected chi connectivity index (χ4v) is 2.43. The summed E-state index contributed by atoms with van der Waals surface area (Å²) < 4.78 is 4.57. The normalized spacial score (nSPS) is 21.9. The van der Waals surface area contributed by atoms with Gasteiger partial charge in [0, 0.05) is 12.8 Å². The topological polar surface area (TPSA) is 12.5 Å². The molecule has 0 saturated carbocycles. The van der Waals surface area contributed by atoms with Gasteiger partial charge in [0.25, 0.3) is 0 Å². The minimum atomic E-state index is 1.15. The van der Waals surface area contributed by atoms with Crippen LogP contribution in [0.25, 0.3) is 0 Å². The molecule has 0 aromatic heterocycles. The molecule has 2 aliphatic heterocycles. The Kier molecular flexibility index (Phi) is 3.80. The Morgan fingerprint density at radius 1 is 0.875 bits per heavy atom. The van der Waals surface area contributed by atoms with Gasteiger partial charge in [0.2, 0.25) is 12.7 Å². The molecular formula is C12H24N4+2. The lowest BCUT2D eigenvalue weighted by Crippen LogP contribution is -2.42. The van der Waals surface area contributed by atoms with Gasteiger partial charge in [-0.1, -0.05) is 0 Å². The van der Waals surface area contributed by atoms with Gasteiger partial charge >= 0.3 is 0 Å². The van der Waals surface area contributed by atoms with Crippen LogP contribution < -0.4 is 0 Å². The van der Waals surface area contributed by atoms with Crippen molar-refractivity contribution < 1.29 is 9.15 Å². The van der Waals surface area contributed by atoms with Gasteiger partial charge in [-0.05, 0) is 0 Å². The summed E-state index contributed by atoms with van der Waals surface area (Å²) in [5.41, 5.74) is 0. The van der Waals surface area contributed by atoms with E-state index >= 15 is 0 Å². The predicted octanol–water partition coefficient (Wildman–Crippen LogP) is -0.261. The van der Waals surface area contributed by atoms with Crippen LogP contribution in [0.5, 0.6) is 0 Å².